The molecule has 2 rings (SSSR count). The van der Waals surface area contributed by atoms with Gasteiger partial charge in [-0.3, -0.25) is 0 Å². The van der Waals surface area contributed by atoms with E-state index in [9.17, 15) is 9.59 Å². The summed E-state index contributed by atoms with van der Waals surface area (Å²) in [4.78, 5) is 27.1. The molecule has 0 saturated heterocycles. The maximum atomic E-state index is 10.0. The molecular weight excluding hydrogens is 328 g/mol. The normalized spacial score (nSPS) is 9.23. The van der Waals surface area contributed by atoms with Crippen molar-refractivity contribution in [2.45, 2.75) is 40.5 Å². The number of unbranched alkanes of at least 4 members (excludes halogenated alkanes) is 1. The fourth-order valence-corrected chi connectivity index (χ4v) is 2.12. The van der Waals surface area contributed by atoms with Crippen LogP contribution in [0.15, 0.2) is 46.4 Å². The third kappa shape index (κ3) is 7.27. The highest BCUT2D eigenvalue weighted by atomic mass is 16.5. The Morgan fingerprint density at radius 2 is 1.50 bits per heavy atom. The first kappa shape index (κ1) is 21.0. The molecule has 0 radical (unpaired) electrons. The zero-order valence-electron chi connectivity index (χ0n) is 15.7. The number of aryl methyl sites for hydroxylation is 3. The number of nitrogens with zero attached hydrogens (tertiary/aromatic N) is 2. The number of isocyanates is 2. The van der Waals surface area contributed by atoms with Gasteiger partial charge in [0, 0.05) is 0 Å². The lowest BCUT2D eigenvalue weighted by Gasteiger charge is -2.04. The van der Waals surface area contributed by atoms with E-state index >= 15 is 0 Å². The number of aliphatic imine (C=N–C) groups is 2. The van der Waals surface area contributed by atoms with E-state index < -0.39 is 0 Å². The predicted molar refractivity (Wildman–Crippen MR) is 103 cm³/mol. The third-order valence-corrected chi connectivity index (χ3v) is 3.76. The Morgan fingerprint density at radius 1 is 0.885 bits per heavy atom. The molecule has 0 aromatic heterocycles. The number of hydrogen-bond acceptors (Lipinski definition) is 5. The Bertz CT molecular complexity index is 801. The SMILES string of the molecule is CCCCOc1ccc(N=C=O)cc1.Cc1cc(C)c(N=C=O)cc1C. The number of carbonyl (C=O) groups excluding carboxylic acids is 2. The lowest BCUT2D eigenvalue weighted by molar-refractivity contribution is 0.309. The number of rotatable bonds is 6. The highest BCUT2D eigenvalue weighted by Gasteiger charge is 1.99. The van der Waals surface area contributed by atoms with Crippen molar-refractivity contribution in [2.75, 3.05) is 6.61 Å². The molecule has 0 aliphatic rings. The average Bonchev–Trinajstić information content (AvgIpc) is 2.62. The summed E-state index contributed by atoms with van der Waals surface area (Å²) in [5.74, 6) is 0.809. The summed E-state index contributed by atoms with van der Waals surface area (Å²) < 4.78 is 5.44. The molecule has 0 spiro atoms. The molecule has 136 valence electrons. The van der Waals surface area contributed by atoms with Crippen LogP contribution in [-0.4, -0.2) is 18.8 Å². The van der Waals surface area contributed by atoms with Gasteiger partial charge in [-0.1, -0.05) is 19.4 Å². The molecule has 2 aromatic carbocycles. The smallest absolute Gasteiger partial charge is 0.240 e. The molecule has 0 saturated carbocycles. The van der Waals surface area contributed by atoms with Crippen LogP contribution in [-0.2, 0) is 9.59 Å². The summed E-state index contributed by atoms with van der Waals surface area (Å²) in [6, 6.07) is 11.0. The molecular formula is C21H24N2O3. The number of hydrogen-bond donors (Lipinski definition) is 0. The van der Waals surface area contributed by atoms with Gasteiger partial charge >= 0.3 is 0 Å². The second kappa shape index (κ2) is 11.5. The van der Waals surface area contributed by atoms with Crippen LogP contribution in [0.3, 0.4) is 0 Å². The van der Waals surface area contributed by atoms with Crippen LogP contribution in [0, 0.1) is 20.8 Å². The van der Waals surface area contributed by atoms with Crippen molar-refractivity contribution in [2.24, 2.45) is 9.98 Å². The van der Waals surface area contributed by atoms with Crippen molar-refractivity contribution in [3.63, 3.8) is 0 Å². The first-order valence-corrected chi connectivity index (χ1v) is 8.48. The van der Waals surface area contributed by atoms with Crippen molar-refractivity contribution in [1.29, 1.82) is 0 Å². The van der Waals surface area contributed by atoms with Crippen molar-refractivity contribution < 1.29 is 14.3 Å². The van der Waals surface area contributed by atoms with Crippen molar-refractivity contribution in [1.82, 2.24) is 0 Å². The van der Waals surface area contributed by atoms with Crippen LogP contribution in [0.25, 0.3) is 0 Å². The van der Waals surface area contributed by atoms with E-state index in [0.717, 1.165) is 36.3 Å². The summed E-state index contributed by atoms with van der Waals surface area (Å²) in [5, 5.41) is 0. The van der Waals surface area contributed by atoms with Crippen molar-refractivity contribution >= 4 is 23.5 Å². The fraction of sp³-hybridized carbons (Fsp3) is 0.333. The Balaban J connectivity index is 0.000000263. The first-order chi connectivity index (χ1) is 12.5. The average molecular weight is 352 g/mol. The lowest BCUT2D eigenvalue weighted by Crippen LogP contribution is -1.95. The van der Waals surface area contributed by atoms with Gasteiger partial charge in [0.25, 0.3) is 0 Å². The van der Waals surface area contributed by atoms with E-state index in [-0.39, 0.29) is 0 Å². The molecule has 5 heteroatoms. The highest BCUT2D eigenvalue weighted by molar-refractivity contribution is 5.56. The standard InChI is InChI=1S/C11H13NO2.C10H11NO/c1-2-3-8-14-11-6-4-10(5-7-11)12-9-13;1-7-4-9(3)10(11-6-12)5-8(7)2/h4-7H,2-3,8H2,1H3;4-5H,1-3H3. The quantitative estimate of drug-likeness (QED) is 0.396. The highest BCUT2D eigenvalue weighted by Crippen LogP contribution is 2.22. The molecule has 0 unspecified atom stereocenters. The minimum atomic E-state index is 0.600. The van der Waals surface area contributed by atoms with Gasteiger partial charge in [-0.05, 0) is 74.2 Å². The minimum Gasteiger partial charge on any atom is -0.494 e. The van der Waals surface area contributed by atoms with E-state index in [1.54, 1.807) is 30.3 Å². The van der Waals surface area contributed by atoms with Crippen LogP contribution in [0.2, 0.25) is 0 Å². The summed E-state index contributed by atoms with van der Waals surface area (Å²) >= 11 is 0. The van der Waals surface area contributed by atoms with E-state index in [0.29, 0.717) is 11.4 Å². The Kier molecular flexibility index (Phi) is 9.34. The first-order valence-electron chi connectivity index (χ1n) is 8.48. The maximum absolute atomic E-state index is 10.0. The summed E-state index contributed by atoms with van der Waals surface area (Å²) in [7, 11) is 0. The van der Waals surface area contributed by atoms with Gasteiger partial charge < -0.3 is 4.74 Å². The zero-order valence-corrected chi connectivity index (χ0v) is 15.7. The maximum Gasteiger partial charge on any atom is 0.240 e. The Morgan fingerprint density at radius 3 is 2.08 bits per heavy atom. The van der Waals surface area contributed by atoms with Crippen LogP contribution < -0.4 is 4.74 Å². The largest absolute Gasteiger partial charge is 0.494 e. The summed E-state index contributed by atoms with van der Waals surface area (Å²) in [5.41, 5.74) is 4.70. The molecule has 2 aromatic rings. The van der Waals surface area contributed by atoms with Gasteiger partial charge in [-0.2, -0.15) is 9.98 Å². The lowest BCUT2D eigenvalue weighted by atomic mass is 10.1. The van der Waals surface area contributed by atoms with Crippen LogP contribution in [0.1, 0.15) is 36.5 Å². The van der Waals surface area contributed by atoms with Gasteiger partial charge in [0.2, 0.25) is 12.2 Å². The van der Waals surface area contributed by atoms with Crippen LogP contribution in [0.5, 0.6) is 5.75 Å². The second-order valence-electron chi connectivity index (χ2n) is 5.83. The monoisotopic (exact) mass is 352 g/mol. The third-order valence-electron chi connectivity index (χ3n) is 3.76. The van der Waals surface area contributed by atoms with E-state index in [1.165, 1.54) is 11.6 Å². The molecule has 0 atom stereocenters. The molecule has 0 bridgehead atoms. The van der Waals surface area contributed by atoms with Crippen LogP contribution >= 0.6 is 0 Å². The molecule has 0 N–H and O–H groups in total. The molecule has 0 aliphatic carbocycles. The second-order valence-corrected chi connectivity index (χ2v) is 5.83. The molecule has 5 nitrogen and oxygen atoms in total. The van der Waals surface area contributed by atoms with Gasteiger partial charge in [0.15, 0.2) is 0 Å². The van der Waals surface area contributed by atoms with E-state index in [2.05, 4.69) is 16.9 Å². The van der Waals surface area contributed by atoms with Gasteiger partial charge in [0.1, 0.15) is 5.75 Å². The Labute approximate surface area is 154 Å². The van der Waals surface area contributed by atoms with E-state index in [1.807, 2.05) is 32.9 Å². The van der Waals surface area contributed by atoms with E-state index in [4.69, 9.17) is 4.74 Å². The fourth-order valence-electron chi connectivity index (χ4n) is 2.12. The summed E-state index contributed by atoms with van der Waals surface area (Å²) in [6.45, 7) is 8.82. The Hall–Kier alpha value is -3.00. The number of ether oxygens (including phenoxy) is 1. The molecule has 0 heterocycles. The predicted octanol–water partition coefficient (Wildman–Crippen LogP) is 5.41. The van der Waals surface area contributed by atoms with Crippen molar-refractivity contribution in [3.8, 4) is 5.75 Å². The topological polar surface area (TPSA) is 68.1 Å². The van der Waals surface area contributed by atoms with Gasteiger partial charge in [0.05, 0.1) is 18.0 Å². The molecule has 0 fully saturated rings. The molecule has 0 aliphatic heterocycles. The van der Waals surface area contributed by atoms with Gasteiger partial charge in [-0.25, -0.2) is 9.59 Å². The zero-order chi connectivity index (χ0) is 19.4. The molecule has 26 heavy (non-hydrogen) atoms. The van der Waals surface area contributed by atoms with Crippen LogP contribution in [0.4, 0.5) is 11.4 Å². The van der Waals surface area contributed by atoms with Gasteiger partial charge in [-0.15, -0.1) is 0 Å². The summed E-state index contributed by atoms with van der Waals surface area (Å²) in [6.07, 6.45) is 5.20. The number of benzene rings is 2. The minimum absolute atomic E-state index is 0.600. The molecule has 0 amide bonds. The van der Waals surface area contributed by atoms with Crippen molar-refractivity contribution in [3.05, 3.63) is 53.1 Å².